The van der Waals surface area contributed by atoms with Crippen molar-refractivity contribution in [1.29, 1.82) is 0 Å². The lowest BCUT2D eigenvalue weighted by Gasteiger charge is -2.26. The molecule has 9 heteroatoms. The topological polar surface area (TPSA) is 61.8 Å². The van der Waals surface area contributed by atoms with E-state index in [-0.39, 0.29) is 0 Å². The highest BCUT2D eigenvalue weighted by Crippen LogP contribution is 2.34. The standard InChI is InChI=1S/C24H23F3O5S/c1-23(2,19-8-14-22(15-9-19)32-33(28,29)24(25,26)27)18-6-12-21(13-7-18)31-16-17-4-10-20(30-3)11-5-17/h4-15H,16H2,1-3H3. The van der Waals surface area contributed by atoms with Crippen molar-refractivity contribution in [2.24, 2.45) is 0 Å². The molecule has 0 N–H and O–H groups in total. The number of methoxy groups -OCH3 is 1. The van der Waals surface area contributed by atoms with Gasteiger partial charge in [-0.1, -0.05) is 50.2 Å². The van der Waals surface area contributed by atoms with Crippen molar-refractivity contribution in [3.05, 3.63) is 89.5 Å². The van der Waals surface area contributed by atoms with Crippen LogP contribution in [0.15, 0.2) is 72.8 Å². The summed E-state index contributed by atoms with van der Waals surface area (Å²) in [4.78, 5) is 0. The van der Waals surface area contributed by atoms with Gasteiger partial charge in [-0.2, -0.15) is 21.6 Å². The second-order valence-corrected chi connectivity index (χ2v) is 9.33. The van der Waals surface area contributed by atoms with Crippen LogP contribution in [0.1, 0.15) is 30.5 Å². The zero-order valence-electron chi connectivity index (χ0n) is 18.2. The molecule has 0 unspecified atom stereocenters. The maximum Gasteiger partial charge on any atom is 0.534 e. The predicted octanol–water partition coefficient (Wildman–Crippen LogP) is 5.83. The van der Waals surface area contributed by atoms with Gasteiger partial charge in [-0.05, 0) is 53.1 Å². The first-order valence-electron chi connectivity index (χ1n) is 9.90. The molecule has 3 aromatic rings. The Balaban J connectivity index is 1.68. The molecule has 0 aliphatic carbocycles. The van der Waals surface area contributed by atoms with Crippen LogP contribution in [0.3, 0.4) is 0 Å². The molecule has 0 bridgehead atoms. The largest absolute Gasteiger partial charge is 0.534 e. The van der Waals surface area contributed by atoms with Crippen molar-refractivity contribution in [3.63, 3.8) is 0 Å². The van der Waals surface area contributed by atoms with Crippen molar-refractivity contribution in [3.8, 4) is 17.2 Å². The molecule has 0 atom stereocenters. The lowest BCUT2D eigenvalue weighted by molar-refractivity contribution is -0.0500. The number of alkyl halides is 3. The summed E-state index contributed by atoms with van der Waals surface area (Å²) in [6.45, 7) is 4.29. The van der Waals surface area contributed by atoms with Gasteiger partial charge >= 0.3 is 15.6 Å². The van der Waals surface area contributed by atoms with E-state index in [1.54, 1.807) is 7.11 Å². The molecular weight excluding hydrogens is 457 g/mol. The van der Waals surface area contributed by atoms with E-state index in [4.69, 9.17) is 9.47 Å². The van der Waals surface area contributed by atoms with Crippen LogP contribution in [0.25, 0.3) is 0 Å². The molecule has 0 amide bonds. The van der Waals surface area contributed by atoms with E-state index in [0.717, 1.165) is 22.4 Å². The van der Waals surface area contributed by atoms with Gasteiger partial charge < -0.3 is 13.7 Å². The monoisotopic (exact) mass is 480 g/mol. The molecule has 0 aliphatic heterocycles. The summed E-state index contributed by atoms with van der Waals surface area (Å²) in [6.07, 6.45) is 0. The highest BCUT2D eigenvalue weighted by Gasteiger charge is 2.48. The molecule has 176 valence electrons. The Labute approximate surface area is 190 Å². The maximum absolute atomic E-state index is 12.5. The average molecular weight is 481 g/mol. The van der Waals surface area contributed by atoms with Crippen LogP contribution in [-0.4, -0.2) is 21.0 Å². The number of hydrogen-bond donors (Lipinski definition) is 0. The highest BCUT2D eigenvalue weighted by atomic mass is 32.2. The predicted molar refractivity (Wildman–Crippen MR) is 118 cm³/mol. The Morgan fingerprint density at radius 1 is 0.727 bits per heavy atom. The molecule has 0 saturated heterocycles. The fourth-order valence-corrected chi connectivity index (χ4v) is 3.58. The van der Waals surface area contributed by atoms with E-state index >= 15 is 0 Å². The van der Waals surface area contributed by atoms with Gasteiger partial charge in [0.2, 0.25) is 0 Å². The molecule has 0 aliphatic rings. The molecule has 0 fully saturated rings. The molecule has 0 radical (unpaired) electrons. The Morgan fingerprint density at radius 2 is 1.18 bits per heavy atom. The van der Waals surface area contributed by atoms with E-state index in [1.807, 2.05) is 62.4 Å². The number of benzene rings is 3. The van der Waals surface area contributed by atoms with E-state index in [2.05, 4.69) is 4.18 Å². The highest BCUT2D eigenvalue weighted by molar-refractivity contribution is 7.88. The quantitative estimate of drug-likeness (QED) is 0.300. The van der Waals surface area contributed by atoms with Crippen molar-refractivity contribution in [1.82, 2.24) is 0 Å². The first-order valence-corrected chi connectivity index (χ1v) is 11.3. The first kappa shape index (κ1) is 24.4. The van der Waals surface area contributed by atoms with Crippen LogP contribution in [-0.2, 0) is 22.1 Å². The Hall–Kier alpha value is -3.20. The lowest BCUT2D eigenvalue weighted by atomic mass is 9.78. The van der Waals surface area contributed by atoms with Gasteiger partial charge in [0.15, 0.2) is 0 Å². The molecule has 3 aromatic carbocycles. The minimum Gasteiger partial charge on any atom is -0.497 e. The van der Waals surface area contributed by atoms with Crippen LogP contribution in [0.5, 0.6) is 17.2 Å². The van der Waals surface area contributed by atoms with Crippen molar-refractivity contribution >= 4 is 10.1 Å². The summed E-state index contributed by atoms with van der Waals surface area (Å²) >= 11 is 0. The fraction of sp³-hybridized carbons (Fsp3) is 0.250. The third-order valence-corrected chi connectivity index (χ3v) is 6.18. The second-order valence-electron chi connectivity index (χ2n) is 7.79. The van der Waals surface area contributed by atoms with E-state index < -0.39 is 26.8 Å². The molecule has 3 rings (SSSR count). The Bertz CT molecular complexity index is 1170. The summed E-state index contributed by atoms with van der Waals surface area (Å²) in [5, 5.41) is 0. The zero-order chi connectivity index (χ0) is 24.3. The van der Waals surface area contributed by atoms with Gasteiger partial charge in [0.1, 0.15) is 23.9 Å². The minimum atomic E-state index is -5.71. The van der Waals surface area contributed by atoms with Crippen LogP contribution in [0.4, 0.5) is 13.2 Å². The molecule has 0 spiro atoms. The number of rotatable bonds is 8. The third kappa shape index (κ3) is 5.78. The molecule has 5 nitrogen and oxygen atoms in total. The van der Waals surface area contributed by atoms with E-state index in [0.29, 0.717) is 12.4 Å². The van der Waals surface area contributed by atoms with E-state index in [9.17, 15) is 21.6 Å². The number of ether oxygens (including phenoxy) is 2. The SMILES string of the molecule is COc1ccc(COc2ccc(C(C)(C)c3ccc(OS(=O)(=O)C(F)(F)F)cc3)cc2)cc1. The first-order chi connectivity index (χ1) is 15.4. The molecule has 0 heterocycles. The van der Waals surface area contributed by atoms with Gasteiger partial charge in [-0.25, -0.2) is 0 Å². The van der Waals surface area contributed by atoms with Crippen LogP contribution in [0, 0.1) is 0 Å². The normalized spacial score (nSPS) is 12.3. The van der Waals surface area contributed by atoms with Crippen molar-refractivity contribution in [2.75, 3.05) is 7.11 Å². The number of halogens is 3. The Morgan fingerprint density at radius 3 is 1.64 bits per heavy atom. The van der Waals surface area contributed by atoms with Crippen LogP contribution in [0.2, 0.25) is 0 Å². The second kappa shape index (κ2) is 9.35. The van der Waals surface area contributed by atoms with Gasteiger partial charge in [0, 0.05) is 5.41 Å². The van der Waals surface area contributed by atoms with Crippen molar-refractivity contribution < 1.29 is 35.2 Å². The fourth-order valence-electron chi connectivity index (χ4n) is 3.12. The smallest absolute Gasteiger partial charge is 0.497 e. The van der Waals surface area contributed by atoms with Crippen LogP contribution >= 0.6 is 0 Å². The summed E-state index contributed by atoms with van der Waals surface area (Å²) in [6, 6.07) is 20.5. The zero-order valence-corrected chi connectivity index (χ0v) is 19.0. The van der Waals surface area contributed by atoms with Gasteiger partial charge in [-0.15, -0.1) is 0 Å². The van der Waals surface area contributed by atoms with Crippen molar-refractivity contribution in [2.45, 2.75) is 31.4 Å². The summed E-state index contributed by atoms with van der Waals surface area (Å²) in [5.41, 5.74) is -3.28. The van der Waals surface area contributed by atoms with Gasteiger partial charge in [0.05, 0.1) is 7.11 Å². The third-order valence-electron chi connectivity index (χ3n) is 5.21. The van der Waals surface area contributed by atoms with Gasteiger partial charge in [-0.3, -0.25) is 0 Å². The summed E-state index contributed by atoms with van der Waals surface area (Å²) < 4.78 is 74.9. The molecular formula is C24H23F3O5S. The average Bonchev–Trinajstić information content (AvgIpc) is 2.77. The summed E-state index contributed by atoms with van der Waals surface area (Å²) in [7, 11) is -4.10. The summed E-state index contributed by atoms with van der Waals surface area (Å²) in [5.74, 6) is 1.05. The van der Waals surface area contributed by atoms with E-state index in [1.165, 1.54) is 24.3 Å². The van der Waals surface area contributed by atoms with Crippen LogP contribution < -0.4 is 13.7 Å². The maximum atomic E-state index is 12.5. The molecule has 33 heavy (non-hydrogen) atoms. The lowest BCUT2D eigenvalue weighted by Crippen LogP contribution is -2.28. The molecule has 0 saturated carbocycles. The Kier molecular flexibility index (Phi) is 6.92. The minimum absolute atomic E-state index is 0.398. The number of hydrogen-bond acceptors (Lipinski definition) is 5. The molecule has 0 aromatic heterocycles. The van der Waals surface area contributed by atoms with Gasteiger partial charge in [0.25, 0.3) is 0 Å².